The van der Waals surface area contributed by atoms with Crippen LogP contribution >= 0.6 is 0 Å². The zero-order valence-corrected chi connectivity index (χ0v) is 15.3. The number of carbonyl (C=O) groups excluding carboxylic acids is 1. The molecule has 0 radical (unpaired) electrons. The molecule has 0 bridgehead atoms. The van der Waals surface area contributed by atoms with Gasteiger partial charge in [0.25, 0.3) is 0 Å². The molecule has 1 amide bonds. The molecular formula is C20H26N2O3. The molecule has 1 N–H and O–H groups in total. The van der Waals surface area contributed by atoms with E-state index in [1.807, 2.05) is 6.07 Å². The van der Waals surface area contributed by atoms with Gasteiger partial charge in [-0.25, -0.2) is 0 Å². The van der Waals surface area contributed by atoms with Crippen molar-refractivity contribution in [1.29, 1.82) is 0 Å². The maximum atomic E-state index is 12.4. The molecule has 134 valence electrons. The van der Waals surface area contributed by atoms with Crippen LogP contribution in [-0.4, -0.2) is 38.1 Å². The van der Waals surface area contributed by atoms with Crippen molar-refractivity contribution in [1.82, 2.24) is 4.90 Å². The van der Waals surface area contributed by atoms with Crippen molar-refractivity contribution in [2.45, 2.75) is 20.4 Å². The Balaban J connectivity index is 1.98. The molecule has 0 saturated carbocycles. The van der Waals surface area contributed by atoms with E-state index < -0.39 is 0 Å². The van der Waals surface area contributed by atoms with Gasteiger partial charge in [0.1, 0.15) is 0 Å². The fourth-order valence-corrected chi connectivity index (χ4v) is 2.67. The summed E-state index contributed by atoms with van der Waals surface area (Å²) in [6.45, 7) is 6.01. The molecule has 0 unspecified atom stereocenters. The second-order valence-corrected chi connectivity index (χ2v) is 5.91. The van der Waals surface area contributed by atoms with Gasteiger partial charge >= 0.3 is 0 Å². The molecule has 0 saturated heterocycles. The van der Waals surface area contributed by atoms with Gasteiger partial charge in [-0.05, 0) is 31.2 Å². The van der Waals surface area contributed by atoms with Crippen molar-refractivity contribution >= 4 is 11.6 Å². The molecule has 0 heterocycles. The Morgan fingerprint density at radius 3 is 2.48 bits per heavy atom. The van der Waals surface area contributed by atoms with E-state index in [-0.39, 0.29) is 5.91 Å². The maximum Gasteiger partial charge on any atom is 0.238 e. The van der Waals surface area contributed by atoms with E-state index in [1.165, 1.54) is 11.1 Å². The number of ether oxygens (including phenoxy) is 2. The molecule has 2 aromatic rings. The van der Waals surface area contributed by atoms with Crippen molar-refractivity contribution < 1.29 is 14.3 Å². The molecule has 0 fully saturated rings. The largest absolute Gasteiger partial charge is 0.493 e. The molecule has 0 aromatic heterocycles. The number of hydrogen-bond donors (Lipinski definition) is 1. The summed E-state index contributed by atoms with van der Waals surface area (Å²) in [4.78, 5) is 14.5. The number of aryl methyl sites for hydroxylation is 1. The van der Waals surface area contributed by atoms with Crippen molar-refractivity contribution in [2.24, 2.45) is 0 Å². The van der Waals surface area contributed by atoms with Crippen molar-refractivity contribution in [3.63, 3.8) is 0 Å². The Morgan fingerprint density at radius 2 is 1.84 bits per heavy atom. The first-order valence-electron chi connectivity index (χ1n) is 8.35. The Kier molecular flexibility index (Phi) is 6.83. The molecule has 0 aliphatic carbocycles. The minimum Gasteiger partial charge on any atom is -0.493 e. The van der Waals surface area contributed by atoms with Crippen LogP contribution in [0.25, 0.3) is 0 Å². The lowest BCUT2D eigenvalue weighted by atomic mass is 10.1. The smallest absolute Gasteiger partial charge is 0.238 e. The highest BCUT2D eigenvalue weighted by Crippen LogP contribution is 2.29. The van der Waals surface area contributed by atoms with Crippen molar-refractivity contribution in [3.8, 4) is 11.5 Å². The highest BCUT2D eigenvalue weighted by molar-refractivity contribution is 5.92. The molecule has 0 spiro atoms. The summed E-state index contributed by atoms with van der Waals surface area (Å²) < 4.78 is 10.5. The number of nitrogens with one attached hydrogen (secondary N) is 1. The van der Waals surface area contributed by atoms with Gasteiger partial charge in [0.2, 0.25) is 5.91 Å². The van der Waals surface area contributed by atoms with Crippen LogP contribution in [0.15, 0.2) is 42.5 Å². The number of likely N-dealkylation sites (N-methyl/N-ethyl adjacent to an activating group) is 1. The second kappa shape index (κ2) is 9.08. The first kappa shape index (κ1) is 18.8. The summed E-state index contributed by atoms with van der Waals surface area (Å²) >= 11 is 0. The Hall–Kier alpha value is -2.53. The van der Waals surface area contributed by atoms with E-state index in [1.54, 1.807) is 32.4 Å². The van der Waals surface area contributed by atoms with Crippen LogP contribution in [-0.2, 0) is 11.3 Å². The summed E-state index contributed by atoms with van der Waals surface area (Å²) in [6.07, 6.45) is 0. The zero-order valence-electron chi connectivity index (χ0n) is 15.3. The number of amides is 1. The number of hydrogen-bond acceptors (Lipinski definition) is 4. The predicted molar refractivity (Wildman–Crippen MR) is 100 cm³/mol. The molecule has 5 nitrogen and oxygen atoms in total. The van der Waals surface area contributed by atoms with Gasteiger partial charge in [-0.3, -0.25) is 9.69 Å². The van der Waals surface area contributed by atoms with E-state index in [2.05, 4.69) is 42.3 Å². The summed E-state index contributed by atoms with van der Waals surface area (Å²) in [5.41, 5.74) is 3.12. The Morgan fingerprint density at radius 1 is 1.08 bits per heavy atom. The third-order valence-electron chi connectivity index (χ3n) is 3.97. The van der Waals surface area contributed by atoms with E-state index in [9.17, 15) is 4.79 Å². The Bertz CT molecular complexity index is 716. The monoisotopic (exact) mass is 342 g/mol. The molecule has 0 aliphatic heterocycles. The lowest BCUT2D eigenvalue weighted by Crippen LogP contribution is -2.32. The third kappa shape index (κ3) is 5.50. The summed E-state index contributed by atoms with van der Waals surface area (Å²) in [7, 11) is 3.16. The molecule has 0 atom stereocenters. The lowest BCUT2D eigenvalue weighted by Gasteiger charge is -2.20. The van der Waals surface area contributed by atoms with Gasteiger partial charge in [0, 0.05) is 18.3 Å². The highest BCUT2D eigenvalue weighted by atomic mass is 16.5. The van der Waals surface area contributed by atoms with Gasteiger partial charge in [0.05, 0.1) is 20.8 Å². The van der Waals surface area contributed by atoms with Crippen LogP contribution in [0.3, 0.4) is 0 Å². The molecular weight excluding hydrogens is 316 g/mol. The van der Waals surface area contributed by atoms with Crippen molar-refractivity contribution in [3.05, 3.63) is 53.6 Å². The Labute approximate surface area is 149 Å². The highest BCUT2D eigenvalue weighted by Gasteiger charge is 2.12. The van der Waals surface area contributed by atoms with Gasteiger partial charge in [0.15, 0.2) is 11.5 Å². The van der Waals surface area contributed by atoms with Crippen LogP contribution in [0, 0.1) is 6.92 Å². The number of benzene rings is 2. The molecule has 5 heteroatoms. The molecule has 0 aliphatic rings. The average molecular weight is 342 g/mol. The summed E-state index contributed by atoms with van der Waals surface area (Å²) in [6, 6.07) is 13.7. The number of nitrogens with zero attached hydrogens (tertiary/aromatic N) is 1. The van der Waals surface area contributed by atoms with Crippen LogP contribution in [0.2, 0.25) is 0 Å². The molecule has 25 heavy (non-hydrogen) atoms. The van der Waals surface area contributed by atoms with Gasteiger partial charge in [-0.1, -0.05) is 36.8 Å². The van der Waals surface area contributed by atoms with Crippen LogP contribution < -0.4 is 14.8 Å². The topological polar surface area (TPSA) is 50.8 Å². The number of anilines is 1. The first-order valence-corrected chi connectivity index (χ1v) is 8.35. The van der Waals surface area contributed by atoms with E-state index in [0.717, 1.165) is 13.1 Å². The quantitative estimate of drug-likeness (QED) is 0.798. The first-order chi connectivity index (χ1) is 12.0. The summed E-state index contributed by atoms with van der Waals surface area (Å²) in [5.74, 6) is 1.17. The van der Waals surface area contributed by atoms with E-state index in [4.69, 9.17) is 9.47 Å². The van der Waals surface area contributed by atoms with Crippen LogP contribution in [0.1, 0.15) is 18.1 Å². The van der Waals surface area contributed by atoms with E-state index in [0.29, 0.717) is 23.7 Å². The normalized spacial score (nSPS) is 10.6. The fraction of sp³-hybridized carbons (Fsp3) is 0.350. The summed E-state index contributed by atoms with van der Waals surface area (Å²) in [5, 5.41) is 2.91. The maximum absolute atomic E-state index is 12.4. The number of rotatable bonds is 8. The van der Waals surface area contributed by atoms with Gasteiger partial charge in [-0.2, -0.15) is 0 Å². The zero-order chi connectivity index (χ0) is 18.2. The molecule has 2 rings (SSSR count). The standard InChI is InChI=1S/C20H26N2O3/c1-5-22(13-16-8-6-7-15(2)11-16)14-20(23)21-17-9-10-18(24-3)19(12-17)25-4/h6-12H,5,13-14H2,1-4H3,(H,21,23). The second-order valence-electron chi connectivity index (χ2n) is 5.91. The average Bonchev–Trinajstić information content (AvgIpc) is 2.61. The minimum atomic E-state index is -0.0540. The van der Waals surface area contributed by atoms with Crippen molar-refractivity contribution in [2.75, 3.05) is 32.6 Å². The SMILES string of the molecule is CCN(CC(=O)Nc1ccc(OC)c(OC)c1)Cc1cccc(C)c1. The third-order valence-corrected chi connectivity index (χ3v) is 3.97. The van der Waals surface area contributed by atoms with Gasteiger partial charge in [-0.15, -0.1) is 0 Å². The van der Waals surface area contributed by atoms with E-state index >= 15 is 0 Å². The fourth-order valence-electron chi connectivity index (χ4n) is 2.67. The molecule has 2 aromatic carbocycles. The minimum absolute atomic E-state index is 0.0540. The number of carbonyl (C=O) groups is 1. The van der Waals surface area contributed by atoms with Gasteiger partial charge < -0.3 is 14.8 Å². The lowest BCUT2D eigenvalue weighted by molar-refractivity contribution is -0.117. The number of methoxy groups -OCH3 is 2. The van der Waals surface area contributed by atoms with Crippen LogP contribution in [0.5, 0.6) is 11.5 Å². The van der Waals surface area contributed by atoms with Crippen LogP contribution in [0.4, 0.5) is 5.69 Å². The predicted octanol–water partition coefficient (Wildman–Crippen LogP) is 3.47.